The fraction of sp³-hybridized carbons (Fsp3) is 0.571. The van der Waals surface area contributed by atoms with Crippen LogP contribution in [0.2, 0.25) is 18.1 Å². The van der Waals surface area contributed by atoms with E-state index in [0.717, 1.165) is 12.3 Å². The van der Waals surface area contributed by atoms with Crippen LogP contribution in [0.3, 0.4) is 0 Å². The third-order valence-electron chi connectivity index (χ3n) is 3.77. The second-order valence-electron chi connectivity index (χ2n) is 6.08. The summed E-state index contributed by atoms with van der Waals surface area (Å²) in [6, 6.07) is 8.28. The lowest BCUT2D eigenvalue weighted by atomic mass is 10.2. The standard InChI is InChI=1S/C14H25NOSi/c1-14(2,3)17(5,6)15-11-12-7-9-13(16-4)10-8-12/h7-10,15H,11H2,1-6H3. The van der Waals surface area contributed by atoms with Crippen LogP contribution in [0.15, 0.2) is 24.3 Å². The smallest absolute Gasteiger partial charge is 0.125 e. The molecule has 0 saturated carbocycles. The third-order valence-corrected chi connectivity index (χ3v) is 8.58. The number of rotatable bonds is 4. The Labute approximate surface area is 106 Å². The van der Waals surface area contributed by atoms with Crippen molar-refractivity contribution >= 4 is 8.24 Å². The zero-order valence-electron chi connectivity index (χ0n) is 11.9. The minimum Gasteiger partial charge on any atom is -0.497 e. The molecule has 0 saturated heterocycles. The maximum absolute atomic E-state index is 5.16. The van der Waals surface area contributed by atoms with Crippen molar-refractivity contribution < 1.29 is 4.74 Å². The van der Waals surface area contributed by atoms with Gasteiger partial charge < -0.3 is 9.72 Å². The lowest BCUT2D eigenvalue weighted by Gasteiger charge is -2.37. The van der Waals surface area contributed by atoms with Gasteiger partial charge in [0.1, 0.15) is 14.0 Å². The van der Waals surface area contributed by atoms with Crippen LogP contribution in [-0.4, -0.2) is 15.3 Å². The first-order valence-corrected chi connectivity index (χ1v) is 9.14. The molecule has 0 heterocycles. The van der Waals surface area contributed by atoms with E-state index >= 15 is 0 Å². The molecule has 0 unspecified atom stereocenters. The normalized spacial score (nSPS) is 12.6. The Balaban J connectivity index is 2.61. The SMILES string of the molecule is COc1ccc(CN[Si](C)(C)C(C)(C)C)cc1. The minimum absolute atomic E-state index is 0.374. The zero-order chi connectivity index (χ0) is 13.1. The molecular formula is C14H25NOSi. The van der Waals surface area contributed by atoms with Crippen molar-refractivity contribution in [1.29, 1.82) is 0 Å². The van der Waals surface area contributed by atoms with E-state index in [1.54, 1.807) is 7.11 Å². The van der Waals surface area contributed by atoms with E-state index in [2.05, 4.69) is 51.0 Å². The number of ether oxygens (including phenoxy) is 1. The van der Waals surface area contributed by atoms with Gasteiger partial charge in [-0.2, -0.15) is 0 Å². The molecule has 0 spiro atoms. The lowest BCUT2D eigenvalue weighted by Crippen LogP contribution is -2.51. The van der Waals surface area contributed by atoms with Crippen molar-refractivity contribution in [3.8, 4) is 5.75 Å². The van der Waals surface area contributed by atoms with E-state index in [1.165, 1.54) is 5.56 Å². The first-order chi connectivity index (χ1) is 7.76. The van der Waals surface area contributed by atoms with Gasteiger partial charge in [0.25, 0.3) is 0 Å². The molecule has 0 fully saturated rings. The first kappa shape index (κ1) is 14.3. The van der Waals surface area contributed by atoms with Gasteiger partial charge in [0, 0.05) is 6.54 Å². The average molecular weight is 251 g/mol. The van der Waals surface area contributed by atoms with Crippen molar-refractivity contribution in [2.24, 2.45) is 0 Å². The molecule has 0 aliphatic carbocycles. The monoisotopic (exact) mass is 251 g/mol. The Morgan fingerprint density at radius 3 is 2.06 bits per heavy atom. The Morgan fingerprint density at radius 1 is 1.12 bits per heavy atom. The highest BCUT2D eigenvalue weighted by molar-refractivity contribution is 6.77. The van der Waals surface area contributed by atoms with Crippen molar-refractivity contribution in [3.05, 3.63) is 29.8 Å². The molecule has 0 atom stereocenters. The van der Waals surface area contributed by atoms with Gasteiger partial charge in [-0.25, -0.2) is 0 Å². The van der Waals surface area contributed by atoms with Gasteiger partial charge in [0.2, 0.25) is 0 Å². The van der Waals surface area contributed by atoms with Crippen molar-refractivity contribution in [3.63, 3.8) is 0 Å². The Morgan fingerprint density at radius 2 is 1.65 bits per heavy atom. The highest BCUT2D eigenvalue weighted by Gasteiger charge is 2.34. The van der Waals surface area contributed by atoms with Crippen LogP contribution in [0, 0.1) is 0 Å². The molecule has 2 nitrogen and oxygen atoms in total. The molecule has 1 rings (SSSR count). The van der Waals surface area contributed by atoms with E-state index in [0.29, 0.717) is 5.04 Å². The summed E-state index contributed by atoms with van der Waals surface area (Å²) in [7, 11) is 0.306. The van der Waals surface area contributed by atoms with Crippen LogP contribution in [0.1, 0.15) is 26.3 Å². The number of hydrogen-bond acceptors (Lipinski definition) is 2. The molecule has 96 valence electrons. The van der Waals surface area contributed by atoms with Crippen LogP contribution in [-0.2, 0) is 6.54 Å². The summed E-state index contributed by atoms with van der Waals surface area (Å²) in [5, 5.41) is 0.374. The summed E-state index contributed by atoms with van der Waals surface area (Å²) in [5.41, 5.74) is 1.32. The summed E-state index contributed by atoms with van der Waals surface area (Å²) in [4.78, 5) is 3.75. The summed E-state index contributed by atoms with van der Waals surface area (Å²) in [6.07, 6.45) is 0. The van der Waals surface area contributed by atoms with Crippen molar-refractivity contribution in [1.82, 2.24) is 4.98 Å². The van der Waals surface area contributed by atoms with Crippen LogP contribution in [0.5, 0.6) is 5.75 Å². The molecule has 1 N–H and O–H groups in total. The third kappa shape index (κ3) is 3.86. The molecule has 1 aromatic rings. The number of benzene rings is 1. The number of nitrogens with one attached hydrogen (secondary N) is 1. The van der Waals surface area contributed by atoms with Gasteiger partial charge in [0.05, 0.1) is 7.11 Å². The molecule has 0 aromatic heterocycles. The summed E-state index contributed by atoms with van der Waals surface area (Å²) in [6.45, 7) is 12.7. The van der Waals surface area contributed by atoms with Gasteiger partial charge in [-0.1, -0.05) is 46.0 Å². The Kier molecular flexibility index (Phi) is 4.39. The maximum Gasteiger partial charge on any atom is 0.125 e. The van der Waals surface area contributed by atoms with Gasteiger partial charge in [-0.15, -0.1) is 0 Å². The van der Waals surface area contributed by atoms with Crippen LogP contribution >= 0.6 is 0 Å². The van der Waals surface area contributed by atoms with Crippen LogP contribution < -0.4 is 9.72 Å². The molecular weight excluding hydrogens is 226 g/mol. The number of hydrogen-bond donors (Lipinski definition) is 1. The van der Waals surface area contributed by atoms with E-state index in [-0.39, 0.29) is 0 Å². The van der Waals surface area contributed by atoms with Crippen molar-refractivity contribution in [2.45, 2.75) is 45.4 Å². The molecule has 0 amide bonds. The lowest BCUT2D eigenvalue weighted by molar-refractivity contribution is 0.414. The molecule has 0 aliphatic heterocycles. The predicted octanol–water partition coefficient (Wildman–Crippen LogP) is 3.79. The molecule has 0 bridgehead atoms. The zero-order valence-corrected chi connectivity index (χ0v) is 12.9. The Hall–Kier alpha value is -0.803. The molecule has 1 aromatic carbocycles. The van der Waals surface area contributed by atoms with Crippen LogP contribution in [0.4, 0.5) is 0 Å². The topological polar surface area (TPSA) is 21.3 Å². The van der Waals surface area contributed by atoms with Crippen molar-refractivity contribution in [2.75, 3.05) is 7.11 Å². The molecule has 0 radical (unpaired) electrons. The predicted molar refractivity (Wildman–Crippen MR) is 77.0 cm³/mol. The van der Waals surface area contributed by atoms with E-state index < -0.39 is 8.24 Å². The summed E-state index contributed by atoms with van der Waals surface area (Å²) in [5.74, 6) is 0.918. The molecule has 3 heteroatoms. The maximum atomic E-state index is 5.16. The Bertz CT molecular complexity index is 351. The van der Waals surface area contributed by atoms with E-state index in [1.807, 2.05) is 12.1 Å². The fourth-order valence-electron chi connectivity index (χ4n) is 1.33. The second-order valence-corrected chi connectivity index (χ2v) is 11.2. The first-order valence-electron chi connectivity index (χ1n) is 6.14. The molecule has 0 aliphatic rings. The average Bonchev–Trinajstić information content (AvgIpc) is 2.25. The van der Waals surface area contributed by atoms with Crippen LogP contribution in [0.25, 0.3) is 0 Å². The van der Waals surface area contributed by atoms with E-state index in [9.17, 15) is 0 Å². The fourth-order valence-corrected chi connectivity index (χ4v) is 2.51. The highest BCUT2D eigenvalue weighted by Crippen LogP contribution is 2.33. The van der Waals surface area contributed by atoms with Gasteiger partial charge in [-0.3, -0.25) is 0 Å². The summed E-state index contributed by atoms with van der Waals surface area (Å²) < 4.78 is 5.16. The van der Waals surface area contributed by atoms with Gasteiger partial charge in [-0.05, 0) is 22.7 Å². The largest absolute Gasteiger partial charge is 0.497 e. The molecule has 17 heavy (non-hydrogen) atoms. The minimum atomic E-state index is -1.39. The highest BCUT2D eigenvalue weighted by atomic mass is 28.3. The van der Waals surface area contributed by atoms with Gasteiger partial charge >= 0.3 is 0 Å². The summed E-state index contributed by atoms with van der Waals surface area (Å²) >= 11 is 0. The quantitative estimate of drug-likeness (QED) is 0.822. The number of methoxy groups -OCH3 is 1. The second kappa shape index (κ2) is 5.23. The van der Waals surface area contributed by atoms with Gasteiger partial charge in [0.15, 0.2) is 0 Å². The van der Waals surface area contributed by atoms with E-state index in [4.69, 9.17) is 4.74 Å².